The summed E-state index contributed by atoms with van der Waals surface area (Å²) in [6.45, 7) is 1.64. The molecule has 0 aromatic carbocycles. The number of fused-ring (bicyclic) bond motifs is 1. The Hall–Kier alpha value is -1.20. The average Bonchev–Trinajstić information content (AvgIpc) is 2.41. The Morgan fingerprint density at radius 1 is 1.43 bits per heavy atom. The third-order valence-electron chi connectivity index (χ3n) is 2.39. The van der Waals surface area contributed by atoms with Crippen LogP contribution in [0.25, 0.3) is 0 Å². The second kappa shape index (κ2) is 3.89. The number of rotatable bonds is 1. The van der Waals surface area contributed by atoms with Crippen LogP contribution in [0.15, 0.2) is 4.79 Å². The second-order valence-electron chi connectivity index (χ2n) is 3.26. The molecular weight excluding hydrogens is 182 g/mol. The molecule has 1 aliphatic rings. The molecule has 0 fully saturated rings. The topological polar surface area (TPSA) is 81.0 Å². The normalized spacial score (nSPS) is 16.1. The molecule has 0 saturated carbocycles. The van der Waals surface area contributed by atoms with Crippen molar-refractivity contribution in [1.82, 2.24) is 9.97 Å². The van der Waals surface area contributed by atoms with E-state index in [1.54, 1.807) is 0 Å². The van der Waals surface area contributed by atoms with Gasteiger partial charge in [-0.25, -0.2) is 4.79 Å². The van der Waals surface area contributed by atoms with E-state index < -0.39 is 0 Å². The first-order valence-corrected chi connectivity index (χ1v) is 4.70. The fourth-order valence-corrected chi connectivity index (χ4v) is 1.72. The third kappa shape index (κ3) is 1.69. The van der Waals surface area contributed by atoms with Gasteiger partial charge in [-0.15, -0.1) is 0 Å². The molecule has 1 aliphatic heterocycles. The standard InChI is InChI=1S/C9H13N3O2/c10-5-8-6-1-3-14-4-2-7(6)11-9(13)12-8/h1-5,10H2,(H,11,12,13). The van der Waals surface area contributed by atoms with Crippen LogP contribution in [0, 0.1) is 0 Å². The minimum absolute atomic E-state index is 0.312. The SMILES string of the molecule is NCc1nc(=O)[nH]c2c1CCOCC2. The van der Waals surface area contributed by atoms with Gasteiger partial charge in [-0.3, -0.25) is 0 Å². The molecule has 0 spiro atoms. The van der Waals surface area contributed by atoms with Crippen molar-refractivity contribution in [3.05, 3.63) is 27.4 Å². The molecule has 0 bridgehead atoms. The lowest BCUT2D eigenvalue weighted by Gasteiger charge is -2.07. The molecule has 5 nitrogen and oxygen atoms in total. The average molecular weight is 195 g/mol. The van der Waals surface area contributed by atoms with E-state index >= 15 is 0 Å². The van der Waals surface area contributed by atoms with Crippen LogP contribution in [0.4, 0.5) is 0 Å². The largest absolute Gasteiger partial charge is 0.381 e. The van der Waals surface area contributed by atoms with E-state index in [1.807, 2.05) is 0 Å². The van der Waals surface area contributed by atoms with E-state index in [9.17, 15) is 4.79 Å². The van der Waals surface area contributed by atoms with Crippen molar-refractivity contribution in [2.24, 2.45) is 5.73 Å². The van der Waals surface area contributed by atoms with Gasteiger partial charge < -0.3 is 15.5 Å². The molecule has 2 heterocycles. The molecule has 0 amide bonds. The van der Waals surface area contributed by atoms with Gasteiger partial charge in [-0.1, -0.05) is 0 Å². The molecule has 0 radical (unpaired) electrons. The zero-order valence-electron chi connectivity index (χ0n) is 7.88. The number of ether oxygens (including phenoxy) is 1. The zero-order chi connectivity index (χ0) is 9.97. The number of nitrogens with one attached hydrogen (secondary N) is 1. The highest BCUT2D eigenvalue weighted by Gasteiger charge is 2.13. The number of hydrogen-bond donors (Lipinski definition) is 2. The maximum absolute atomic E-state index is 11.2. The highest BCUT2D eigenvalue weighted by Crippen LogP contribution is 2.13. The van der Waals surface area contributed by atoms with Gasteiger partial charge in [0.2, 0.25) is 0 Å². The van der Waals surface area contributed by atoms with Crippen LogP contribution < -0.4 is 11.4 Å². The van der Waals surface area contributed by atoms with Crippen LogP contribution in [-0.4, -0.2) is 23.2 Å². The summed E-state index contributed by atoms with van der Waals surface area (Å²) in [5.74, 6) is 0. The van der Waals surface area contributed by atoms with Crippen molar-refractivity contribution in [3.63, 3.8) is 0 Å². The van der Waals surface area contributed by atoms with Gasteiger partial charge in [0.25, 0.3) is 0 Å². The molecule has 5 heteroatoms. The fraction of sp³-hybridized carbons (Fsp3) is 0.556. The summed E-state index contributed by atoms with van der Waals surface area (Å²) >= 11 is 0. The first-order chi connectivity index (χ1) is 6.81. The Labute approximate surface area is 81.3 Å². The Kier molecular flexibility index (Phi) is 2.60. The Bertz CT molecular complexity index is 386. The molecule has 14 heavy (non-hydrogen) atoms. The van der Waals surface area contributed by atoms with Gasteiger partial charge in [0.05, 0.1) is 18.9 Å². The van der Waals surface area contributed by atoms with E-state index in [0.717, 1.165) is 24.1 Å². The Morgan fingerprint density at radius 3 is 3.00 bits per heavy atom. The summed E-state index contributed by atoms with van der Waals surface area (Å²) in [4.78, 5) is 17.8. The molecule has 1 aromatic rings. The first kappa shape index (κ1) is 9.36. The minimum Gasteiger partial charge on any atom is -0.381 e. The summed E-state index contributed by atoms with van der Waals surface area (Å²) in [5.41, 5.74) is 7.92. The van der Waals surface area contributed by atoms with Crippen molar-refractivity contribution < 1.29 is 4.74 Å². The summed E-state index contributed by atoms with van der Waals surface area (Å²) < 4.78 is 5.33. The van der Waals surface area contributed by atoms with Crippen molar-refractivity contribution in [2.45, 2.75) is 19.4 Å². The van der Waals surface area contributed by atoms with E-state index in [1.165, 1.54) is 0 Å². The molecule has 1 aromatic heterocycles. The molecule has 3 N–H and O–H groups in total. The quantitative estimate of drug-likeness (QED) is 0.623. The monoisotopic (exact) mass is 195 g/mol. The van der Waals surface area contributed by atoms with E-state index in [0.29, 0.717) is 25.5 Å². The van der Waals surface area contributed by atoms with Gasteiger partial charge in [0, 0.05) is 18.7 Å². The van der Waals surface area contributed by atoms with Gasteiger partial charge in [-0.05, 0) is 12.0 Å². The van der Waals surface area contributed by atoms with Crippen LogP contribution >= 0.6 is 0 Å². The van der Waals surface area contributed by atoms with Crippen LogP contribution in [0.5, 0.6) is 0 Å². The number of H-pyrrole nitrogens is 1. The Morgan fingerprint density at radius 2 is 2.21 bits per heavy atom. The summed E-state index contributed by atoms with van der Waals surface area (Å²) in [6.07, 6.45) is 1.52. The summed E-state index contributed by atoms with van der Waals surface area (Å²) in [6, 6.07) is 0. The molecule has 0 atom stereocenters. The van der Waals surface area contributed by atoms with Crippen molar-refractivity contribution in [3.8, 4) is 0 Å². The number of aromatic nitrogens is 2. The lowest BCUT2D eigenvalue weighted by Crippen LogP contribution is -2.21. The van der Waals surface area contributed by atoms with E-state index in [2.05, 4.69) is 9.97 Å². The molecule has 76 valence electrons. The van der Waals surface area contributed by atoms with Crippen molar-refractivity contribution in [1.29, 1.82) is 0 Å². The van der Waals surface area contributed by atoms with Crippen LogP contribution in [0.3, 0.4) is 0 Å². The minimum atomic E-state index is -0.314. The van der Waals surface area contributed by atoms with Crippen LogP contribution in [-0.2, 0) is 24.1 Å². The smallest absolute Gasteiger partial charge is 0.345 e. The lowest BCUT2D eigenvalue weighted by molar-refractivity contribution is 0.146. The highest BCUT2D eigenvalue weighted by molar-refractivity contribution is 5.25. The predicted molar refractivity (Wildman–Crippen MR) is 51.0 cm³/mol. The molecule has 0 unspecified atom stereocenters. The molecule has 0 saturated heterocycles. The predicted octanol–water partition coefficient (Wildman–Crippen LogP) is -0.656. The molecule has 0 aliphatic carbocycles. The highest BCUT2D eigenvalue weighted by atomic mass is 16.5. The van der Waals surface area contributed by atoms with Gasteiger partial charge in [0.15, 0.2) is 0 Å². The lowest BCUT2D eigenvalue weighted by atomic mass is 10.1. The number of hydrogen-bond acceptors (Lipinski definition) is 4. The number of nitrogens with two attached hydrogens (primary N) is 1. The van der Waals surface area contributed by atoms with Gasteiger partial charge in [0.1, 0.15) is 0 Å². The summed E-state index contributed by atoms with van der Waals surface area (Å²) in [7, 11) is 0. The fourth-order valence-electron chi connectivity index (χ4n) is 1.72. The number of aromatic amines is 1. The van der Waals surface area contributed by atoms with E-state index in [4.69, 9.17) is 10.5 Å². The van der Waals surface area contributed by atoms with Gasteiger partial charge in [-0.2, -0.15) is 4.98 Å². The maximum atomic E-state index is 11.2. The zero-order valence-corrected chi connectivity index (χ0v) is 7.88. The van der Waals surface area contributed by atoms with Crippen molar-refractivity contribution >= 4 is 0 Å². The molecular formula is C9H13N3O2. The first-order valence-electron chi connectivity index (χ1n) is 4.70. The maximum Gasteiger partial charge on any atom is 0.345 e. The van der Waals surface area contributed by atoms with Crippen molar-refractivity contribution in [2.75, 3.05) is 13.2 Å². The molecule has 2 rings (SSSR count). The van der Waals surface area contributed by atoms with E-state index in [-0.39, 0.29) is 5.69 Å². The second-order valence-corrected chi connectivity index (χ2v) is 3.26. The van der Waals surface area contributed by atoms with Crippen LogP contribution in [0.2, 0.25) is 0 Å². The van der Waals surface area contributed by atoms with Crippen LogP contribution in [0.1, 0.15) is 17.0 Å². The third-order valence-corrected chi connectivity index (χ3v) is 2.39. The number of nitrogens with zero attached hydrogens (tertiary/aromatic N) is 1. The summed E-state index contributed by atoms with van der Waals surface area (Å²) in [5, 5.41) is 0. The van der Waals surface area contributed by atoms with Gasteiger partial charge >= 0.3 is 5.69 Å². The Balaban J connectivity index is 2.52.